The number of nitrogens with one attached hydrogen (secondary N) is 2. The van der Waals surface area contributed by atoms with E-state index in [4.69, 9.17) is 0 Å². The van der Waals surface area contributed by atoms with Gasteiger partial charge in [-0.25, -0.2) is 0 Å². The highest BCUT2D eigenvalue weighted by molar-refractivity contribution is 5.53. The van der Waals surface area contributed by atoms with Crippen molar-refractivity contribution in [2.45, 2.75) is 0 Å². The van der Waals surface area contributed by atoms with Crippen molar-refractivity contribution in [3.63, 3.8) is 0 Å². The van der Waals surface area contributed by atoms with Crippen LogP contribution in [0.5, 0.6) is 0 Å². The van der Waals surface area contributed by atoms with Crippen LogP contribution in [0.3, 0.4) is 0 Å². The molecule has 0 aromatic heterocycles. The van der Waals surface area contributed by atoms with Gasteiger partial charge >= 0.3 is 0 Å². The zero-order chi connectivity index (χ0) is 9.07. The third-order valence-electron chi connectivity index (χ3n) is 0.868. The first-order valence-corrected chi connectivity index (χ1v) is 3.30. The molecule has 64 valence electrons. The molecule has 0 aliphatic carbocycles. The van der Waals surface area contributed by atoms with Crippen molar-refractivity contribution in [1.29, 1.82) is 0 Å². The number of hydrazine groups is 1. The van der Waals surface area contributed by atoms with Gasteiger partial charge in [-0.15, -0.1) is 0 Å². The van der Waals surface area contributed by atoms with E-state index in [1.807, 2.05) is 47.2 Å². The molecule has 0 saturated heterocycles. The maximum Gasteiger partial charge on any atom is 0.225 e. The lowest BCUT2D eigenvalue weighted by atomic mass is 10.4. The molecule has 4 heteroatoms. The highest BCUT2D eigenvalue weighted by Gasteiger charge is 1.62. The van der Waals surface area contributed by atoms with Crippen LogP contribution < -0.4 is 10.9 Å². The number of benzene rings is 1. The molecule has 0 aliphatic rings. The Morgan fingerprint density at radius 3 is 1.08 bits per heavy atom. The predicted octanol–water partition coefficient (Wildman–Crippen LogP) is 0.0800. The van der Waals surface area contributed by atoms with E-state index in [2.05, 4.69) is 0 Å². The van der Waals surface area contributed by atoms with Crippen LogP contribution >= 0.6 is 0 Å². The first-order valence-electron chi connectivity index (χ1n) is 3.30. The Labute approximate surface area is 70.6 Å². The van der Waals surface area contributed by atoms with Gasteiger partial charge in [0.2, 0.25) is 12.8 Å². The molecule has 0 fully saturated rings. The molecule has 0 spiro atoms. The number of hydrogen-bond donors (Lipinski definition) is 2. The van der Waals surface area contributed by atoms with E-state index in [0.717, 1.165) is 0 Å². The number of amides is 2. The van der Waals surface area contributed by atoms with Crippen molar-refractivity contribution in [3.8, 4) is 0 Å². The Kier molecular flexibility index (Phi) is 7.76. The van der Waals surface area contributed by atoms with E-state index in [1.165, 1.54) is 0 Å². The van der Waals surface area contributed by atoms with E-state index < -0.39 is 0 Å². The Hall–Kier alpha value is -1.84. The van der Waals surface area contributed by atoms with Crippen LogP contribution in [0.4, 0.5) is 0 Å². The SMILES string of the molecule is O=CNNC=O.c1ccccc1. The molecule has 0 bridgehead atoms. The van der Waals surface area contributed by atoms with Crippen LogP contribution in [-0.4, -0.2) is 12.8 Å². The second-order valence-corrected chi connectivity index (χ2v) is 1.68. The molecule has 0 atom stereocenters. The molecular weight excluding hydrogens is 156 g/mol. The topological polar surface area (TPSA) is 58.2 Å². The summed E-state index contributed by atoms with van der Waals surface area (Å²) in [5, 5.41) is 0. The summed E-state index contributed by atoms with van der Waals surface area (Å²) in [5.41, 5.74) is 3.80. The molecule has 2 N–H and O–H groups in total. The third kappa shape index (κ3) is 8.16. The smallest absolute Gasteiger partial charge is 0.225 e. The fourth-order valence-electron chi connectivity index (χ4n) is 0.453. The summed E-state index contributed by atoms with van der Waals surface area (Å²) in [6.45, 7) is 0. The number of rotatable bonds is 3. The van der Waals surface area contributed by atoms with Gasteiger partial charge in [0.1, 0.15) is 0 Å². The summed E-state index contributed by atoms with van der Waals surface area (Å²) < 4.78 is 0. The van der Waals surface area contributed by atoms with E-state index >= 15 is 0 Å². The second kappa shape index (κ2) is 9.16. The maximum absolute atomic E-state index is 9.23. The Balaban J connectivity index is 0.000000202. The third-order valence-corrected chi connectivity index (χ3v) is 0.868. The summed E-state index contributed by atoms with van der Waals surface area (Å²) in [6.07, 6.45) is 0.739. The van der Waals surface area contributed by atoms with E-state index in [1.54, 1.807) is 0 Å². The average molecular weight is 166 g/mol. The van der Waals surface area contributed by atoms with Crippen LogP contribution in [-0.2, 0) is 9.59 Å². The van der Waals surface area contributed by atoms with Gasteiger partial charge in [-0.1, -0.05) is 36.4 Å². The van der Waals surface area contributed by atoms with Crippen LogP contribution in [0.15, 0.2) is 36.4 Å². The first kappa shape index (κ1) is 10.2. The van der Waals surface area contributed by atoms with Gasteiger partial charge in [-0.3, -0.25) is 20.4 Å². The van der Waals surface area contributed by atoms with Gasteiger partial charge in [0, 0.05) is 0 Å². The summed E-state index contributed by atoms with van der Waals surface area (Å²) in [4.78, 5) is 18.5. The highest BCUT2D eigenvalue weighted by Crippen LogP contribution is 1.79. The standard InChI is InChI=1S/C6H6.C2H4N2O2/c1-2-4-6-5-3-1;5-1-3-4-2-6/h1-6H;1-2H,(H,3,5)(H,4,6). The van der Waals surface area contributed by atoms with Crippen LogP contribution in [0.2, 0.25) is 0 Å². The van der Waals surface area contributed by atoms with Crippen molar-refractivity contribution in [1.82, 2.24) is 10.9 Å². The monoisotopic (exact) mass is 166 g/mol. The minimum absolute atomic E-state index is 0.369. The lowest BCUT2D eigenvalue weighted by molar-refractivity contribution is -0.116. The first-order chi connectivity index (χ1) is 5.91. The zero-order valence-electron chi connectivity index (χ0n) is 6.44. The molecule has 0 aliphatic heterocycles. The molecule has 1 aromatic carbocycles. The molecule has 0 unspecified atom stereocenters. The Morgan fingerprint density at radius 2 is 0.917 bits per heavy atom. The summed E-state index contributed by atoms with van der Waals surface area (Å²) in [5.74, 6) is 0. The van der Waals surface area contributed by atoms with E-state index in [0.29, 0.717) is 12.8 Å². The fourth-order valence-corrected chi connectivity index (χ4v) is 0.453. The molecule has 0 radical (unpaired) electrons. The Bertz CT molecular complexity index is 167. The van der Waals surface area contributed by atoms with Gasteiger partial charge in [-0.05, 0) is 0 Å². The van der Waals surface area contributed by atoms with Gasteiger partial charge in [-0.2, -0.15) is 0 Å². The van der Waals surface area contributed by atoms with Crippen LogP contribution in [0.25, 0.3) is 0 Å². The normalized spacial score (nSPS) is 7.00. The molecule has 4 nitrogen and oxygen atoms in total. The second-order valence-electron chi connectivity index (χ2n) is 1.68. The number of hydrogen-bond acceptors (Lipinski definition) is 2. The van der Waals surface area contributed by atoms with Gasteiger partial charge in [0.25, 0.3) is 0 Å². The quantitative estimate of drug-likeness (QED) is 0.379. The maximum atomic E-state index is 9.23. The van der Waals surface area contributed by atoms with Crippen molar-refractivity contribution in [2.24, 2.45) is 0 Å². The largest absolute Gasteiger partial charge is 0.277 e. The number of carbonyl (C=O) groups excluding carboxylic acids is 2. The van der Waals surface area contributed by atoms with E-state index in [9.17, 15) is 9.59 Å². The van der Waals surface area contributed by atoms with Crippen LogP contribution in [0, 0.1) is 0 Å². The summed E-state index contributed by atoms with van der Waals surface area (Å²) in [7, 11) is 0. The molecule has 2 amide bonds. The van der Waals surface area contributed by atoms with Crippen molar-refractivity contribution in [2.75, 3.05) is 0 Å². The molecule has 12 heavy (non-hydrogen) atoms. The van der Waals surface area contributed by atoms with Gasteiger partial charge in [0.05, 0.1) is 0 Å². The molecule has 1 aromatic rings. The zero-order valence-corrected chi connectivity index (χ0v) is 6.44. The van der Waals surface area contributed by atoms with Gasteiger partial charge < -0.3 is 0 Å². The Morgan fingerprint density at radius 1 is 0.667 bits per heavy atom. The number of carbonyl (C=O) groups is 2. The van der Waals surface area contributed by atoms with Crippen molar-refractivity contribution in [3.05, 3.63) is 36.4 Å². The van der Waals surface area contributed by atoms with Crippen molar-refractivity contribution >= 4 is 12.8 Å². The lowest BCUT2D eigenvalue weighted by Gasteiger charge is -1.84. The average Bonchev–Trinajstić information content (AvgIpc) is 2.18. The molecule has 1 rings (SSSR count). The van der Waals surface area contributed by atoms with Crippen molar-refractivity contribution < 1.29 is 9.59 Å². The summed E-state index contributed by atoms with van der Waals surface area (Å²) in [6, 6.07) is 12.0. The lowest BCUT2D eigenvalue weighted by Crippen LogP contribution is -2.28. The summed E-state index contributed by atoms with van der Waals surface area (Å²) >= 11 is 0. The van der Waals surface area contributed by atoms with Crippen LogP contribution in [0.1, 0.15) is 0 Å². The predicted molar refractivity (Wildman–Crippen MR) is 44.8 cm³/mol. The molecule has 0 saturated carbocycles. The minimum atomic E-state index is 0.369. The highest BCUT2D eigenvalue weighted by atomic mass is 16.2. The molecular formula is C8H10N2O2. The van der Waals surface area contributed by atoms with E-state index in [-0.39, 0.29) is 0 Å². The minimum Gasteiger partial charge on any atom is -0.277 e. The fraction of sp³-hybridized carbons (Fsp3) is 0. The van der Waals surface area contributed by atoms with Gasteiger partial charge in [0.15, 0.2) is 0 Å². The molecule has 0 heterocycles.